The molecular weight excluding hydrogens is 532 g/mol. The molecule has 44 heavy (non-hydrogen) atoms. The van der Waals surface area contributed by atoms with Crippen LogP contribution in [-0.4, -0.2) is 9.13 Å². The van der Waals surface area contributed by atoms with Gasteiger partial charge in [0.05, 0.1) is 46.7 Å². The molecule has 2 nitrogen and oxygen atoms in total. The Morgan fingerprint density at radius 3 is 1.43 bits per heavy atom. The van der Waals surface area contributed by atoms with Crippen LogP contribution in [0.15, 0.2) is 169 Å². The maximum absolute atomic E-state index is 9.50. The summed E-state index contributed by atoms with van der Waals surface area (Å²) in [4.78, 5) is 0. The molecular formula is C42H28N2. The molecule has 206 valence electrons. The van der Waals surface area contributed by atoms with Crippen molar-refractivity contribution in [3.8, 4) is 33.6 Å². The molecule has 0 bridgehead atoms. The number of nitrogens with zero attached hydrogens (tertiary/aromatic N) is 2. The molecule has 7 aromatic carbocycles. The number of rotatable bonds is 4. The Morgan fingerprint density at radius 1 is 0.364 bits per heavy atom. The summed E-state index contributed by atoms with van der Waals surface area (Å²) < 4.78 is 160. The van der Waals surface area contributed by atoms with Crippen molar-refractivity contribution in [2.75, 3.05) is 0 Å². The second-order valence-corrected chi connectivity index (χ2v) is 10.0. The topological polar surface area (TPSA) is 9.86 Å². The Morgan fingerprint density at radius 2 is 0.841 bits per heavy atom. The number of aromatic nitrogens is 2. The highest BCUT2D eigenvalue weighted by Gasteiger charge is 2.18. The fourth-order valence-corrected chi connectivity index (χ4v) is 5.78. The van der Waals surface area contributed by atoms with Crippen LogP contribution < -0.4 is 0 Å². The lowest BCUT2D eigenvalue weighted by molar-refractivity contribution is 1.17. The van der Waals surface area contributed by atoms with Gasteiger partial charge >= 0.3 is 0 Å². The first-order valence-corrected chi connectivity index (χ1v) is 13.7. The van der Waals surface area contributed by atoms with Crippen molar-refractivity contribution >= 4 is 43.6 Å². The summed E-state index contributed by atoms with van der Waals surface area (Å²) in [7, 11) is 0. The lowest BCUT2D eigenvalue weighted by Gasteiger charge is -2.11. The molecule has 0 atom stereocenters. The normalized spacial score (nSPS) is 17.4. The Balaban J connectivity index is 1.39. The van der Waals surface area contributed by atoms with Crippen LogP contribution in [0.5, 0.6) is 0 Å². The zero-order chi connectivity index (χ0) is 44.7. The monoisotopic (exact) mass is 578 g/mol. The molecule has 0 saturated heterocycles. The molecule has 2 heteroatoms. The van der Waals surface area contributed by atoms with E-state index in [1.54, 1.807) is 69.8 Å². The first-order chi connectivity index (χ1) is 29.3. The number of para-hydroxylation sites is 2. The zero-order valence-corrected chi connectivity index (χ0v) is 22.7. The lowest BCUT2D eigenvalue weighted by atomic mass is 10.1. The molecule has 0 fully saturated rings. The van der Waals surface area contributed by atoms with Gasteiger partial charge in [0, 0.05) is 32.9 Å². The minimum Gasteiger partial charge on any atom is -0.309 e. The van der Waals surface area contributed by atoms with Crippen LogP contribution in [-0.2, 0) is 0 Å². The molecule has 9 aromatic rings. The minimum atomic E-state index is -0.692. The second-order valence-electron chi connectivity index (χ2n) is 10.0. The third-order valence-electron chi connectivity index (χ3n) is 7.64. The predicted octanol–water partition coefficient (Wildman–Crippen LogP) is 11.2. The molecule has 0 aliphatic rings. The predicted molar refractivity (Wildman–Crippen MR) is 186 cm³/mol. The molecule has 2 heterocycles. The third kappa shape index (κ3) is 3.82. The Hall–Kier alpha value is -5.86. The van der Waals surface area contributed by atoms with Crippen molar-refractivity contribution < 1.29 is 24.7 Å². The molecule has 2 aromatic heterocycles. The van der Waals surface area contributed by atoms with Crippen LogP contribution in [0, 0.1) is 0 Å². The van der Waals surface area contributed by atoms with E-state index in [1.807, 2.05) is 0 Å². The smallest absolute Gasteiger partial charge is 0.0651 e. The summed E-state index contributed by atoms with van der Waals surface area (Å²) in [5.74, 6) is 0. The summed E-state index contributed by atoms with van der Waals surface area (Å²) in [6.07, 6.45) is 0. The Labute approximate surface area is 281 Å². The average Bonchev–Trinajstić information content (AvgIpc) is 3.75. The number of fused-ring (bicyclic) bond motifs is 6. The SMILES string of the molecule is [2H]c1c([2H])c([2H])c(-c2c([2H])c([2H])c(-n3c4ccccc4c4cc5c(cc43)c3ccccc3n5-c3c([2H])c([2H])c([2H])c(-c4c([2H])c([2H])c([2H])c([2H])c4[2H])c3[2H])c([2H])c2[2H])c([2H])c1[2H]. The van der Waals surface area contributed by atoms with Gasteiger partial charge in [0.2, 0.25) is 0 Å². The van der Waals surface area contributed by atoms with Gasteiger partial charge in [-0.1, -0.05) is 121 Å². The molecule has 0 amide bonds. The van der Waals surface area contributed by atoms with E-state index in [0.717, 1.165) is 0 Å². The van der Waals surface area contributed by atoms with E-state index >= 15 is 0 Å². The highest BCUT2D eigenvalue weighted by molar-refractivity contribution is 6.19. The molecule has 0 N–H and O–H groups in total. The summed E-state index contributed by atoms with van der Waals surface area (Å²) in [5.41, 5.74) is -0.444. The van der Waals surface area contributed by atoms with Crippen LogP contribution in [0.25, 0.3) is 77.2 Å². The van der Waals surface area contributed by atoms with Crippen LogP contribution >= 0.6 is 0 Å². The summed E-state index contributed by atoms with van der Waals surface area (Å²) in [6.45, 7) is 0. The number of benzene rings is 7. The van der Waals surface area contributed by atoms with E-state index in [9.17, 15) is 4.11 Å². The van der Waals surface area contributed by atoms with Crippen molar-refractivity contribution in [2.45, 2.75) is 0 Å². The van der Waals surface area contributed by atoms with E-state index in [0.29, 0.717) is 43.6 Å². The van der Waals surface area contributed by atoms with Gasteiger partial charge in [-0.15, -0.1) is 0 Å². The molecule has 0 spiro atoms. The molecule has 0 radical (unpaired) electrons. The van der Waals surface area contributed by atoms with Gasteiger partial charge in [-0.05, 0) is 70.7 Å². The Kier molecular flexibility index (Phi) is 2.87. The minimum absolute atomic E-state index is 0.180. The summed E-state index contributed by atoms with van der Waals surface area (Å²) >= 11 is 0. The van der Waals surface area contributed by atoms with E-state index in [2.05, 4.69) is 0 Å². The second kappa shape index (κ2) is 9.86. The van der Waals surface area contributed by atoms with Crippen LogP contribution in [0.4, 0.5) is 0 Å². The van der Waals surface area contributed by atoms with Crippen molar-refractivity contribution in [2.24, 2.45) is 0 Å². The summed E-state index contributed by atoms with van der Waals surface area (Å²) in [6, 6.07) is 5.95. The maximum Gasteiger partial charge on any atom is 0.0651 e. The first-order valence-electron chi connectivity index (χ1n) is 22.7. The lowest BCUT2D eigenvalue weighted by Crippen LogP contribution is -1.95. The van der Waals surface area contributed by atoms with Gasteiger partial charge in [-0.3, -0.25) is 0 Å². The summed E-state index contributed by atoms with van der Waals surface area (Å²) in [5, 5.41) is 2.22. The molecule has 0 saturated carbocycles. The third-order valence-corrected chi connectivity index (χ3v) is 7.64. The van der Waals surface area contributed by atoms with Gasteiger partial charge in [-0.2, -0.15) is 0 Å². The first kappa shape index (κ1) is 12.8. The molecule has 0 aliphatic carbocycles. The van der Waals surface area contributed by atoms with E-state index in [-0.39, 0.29) is 11.4 Å². The number of hydrogen-bond donors (Lipinski definition) is 0. The average molecular weight is 579 g/mol. The van der Waals surface area contributed by atoms with Crippen molar-refractivity contribution in [3.63, 3.8) is 0 Å². The van der Waals surface area contributed by atoms with Crippen molar-refractivity contribution in [1.82, 2.24) is 9.13 Å². The van der Waals surface area contributed by atoms with Crippen LogP contribution in [0.1, 0.15) is 24.7 Å². The molecule has 0 aliphatic heterocycles. The maximum atomic E-state index is 9.50. The van der Waals surface area contributed by atoms with E-state index in [1.165, 1.54) is 0 Å². The fourth-order valence-electron chi connectivity index (χ4n) is 5.78. The van der Waals surface area contributed by atoms with Gasteiger partial charge in [0.25, 0.3) is 0 Å². The van der Waals surface area contributed by atoms with Gasteiger partial charge < -0.3 is 9.13 Å². The fraction of sp³-hybridized carbons (Fsp3) is 0. The largest absolute Gasteiger partial charge is 0.309 e. The van der Waals surface area contributed by atoms with Gasteiger partial charge in [-0.25, -0.2) is 0 Å². The molecule has 0 unspecified atom stereocenters. The Bertz CT molecular complexity index is 3430. The number of hydrogen-bond acceptors (Lipinski definition) is 0. The zero-order valence-electron chi connectivity index (χ0n) is 40.7. The van der Waals surface area contributed by atoms with Crippen molar-refractivity contribution in [3.05, 3.63) is 169 Å². The van der Waals surface area contributed by atoms with Gasteiger partial charge in [0.1, 0.15) is 0 Å². The highest BCUT2D eigenvalue weighted by atomic mass is 15.0. The van der Waals surface area contributed by atoms with E-state index < -0.39 is 131 Å². The van der Waals surface area contributed by atoms with Crippen molar-refractivity contribution in [1.29, 1.82) is 0 Å². The van der Waals surface area contributed by atoms with E-state index in [4.69, 9.17) is 20.6 Å². The molecule has 9 rings (SSSR count). The van der Waals surface area contributed by atoms with Crippen LogP contribution in [0.2, 0.25) is 0 Å². The standard InChI is InChI=1S/C42H28N2/c1-3-12-29(13-4-1)31-22-24-33(25-23-31)43-39-20-9-7-18-35(39)37-28-42-38(27-41(37)43)36-19-8-10-21-40(36)44(42)34-17-11-16-32(26-34)30-14-5-2-6-15-30/h1-28H/i1D,2D,3D,4D,5D,6D,11D,12D,13D,14D,15D,16D,17D,22D,23D,24D,25D,26D. The van der Waals surface area contributed by atoms with Crippen LogP contribution in [0.3, 0.4) is 0 Å². The van der Waals surface area contributed by atoms with Gasteiger partial charge in [0.15, 0.2) is 0 Å². The highest BCUT2D eigenvalue weighted by Crippen LogP contribution is 2.40. The quantitative estimate of drug-likeness (QED) is 0.197.